The van der Waals surface area contributed by atoms with Crippen molar-refractivity contribution in [2.75, 3.05) is 16.5 Å². The minimum Gasteiger partial charge on any atom is -0.340 e. The molecular formula is C17H15ClN4O. The van der Waals surface area contributed by atoms with E-state index >= 15 is 0 Å². The number of carbonyl (C=O) groups is 1. The summed E-state index contributed by atoms with van der Waals surface area (Å²) in [7, 11) is 0. The Balaban J connectivity index is 1.99. The molecule has 2 aromatic carbocycles. The first kappa shape index (κ1) is 15.2. The second kappa shape index (κ2) is 6.62. The number of anilines is 3. The van der Waals surface area contributed by atoms with Gasteiger partial charge in [-0.3, -0.25) is 4.79 Å². The van der Waals surface area contributed by atoms with Gasteiger partial charge in [0.15, 0.2) is 0 Å². The first-order chi connectivity index (χ1) is 11.2. The molecule has 1 heterocycles. The number of benzene rings is 2. The van der Waals surface area contributed by atoms with Crippen molar-refractivity contribution in [1.29, 1.82) is 0 Å². The van der Waals surface area contributed by atoms with E-state index in [4.69, 9.17) is 11.6 Å². The lowest BCUT2D eigenvalue weighted by atomic mass is 10.2. The van der Waals surface area contributed by atoms with Crippen LogP contribution >= 0.6 is 11.6 Å². The van der Waals surface area contributed by atoms with Gasteiger partial charge in [0.1, 0.15) is 18.0 Å². The molecule has 1 amide bonds. The van der Waals surface area contributed by atoms with Gasteiger partial charge < -0.3 is 10.6 Å². The Hall–Kier alpha value is -2.66. The van der Waals surface area contributed by atoms with Gasteiger partial charge in [-0.1, -0.05) is 12.1 Å². The van der Waals surface area contributed by atoms with E-state index in [1.54, 1.807) is 6.07 Å². The summed E-state index contributed by atoms with van der Waals surface area (Å²) >= 11 is 5.52. The molecule has 23 heavy (non-hydrogen) atoms. The summed E-state index contributed by atoms with van der Waals surface area (Å²) in [5, 5.41) is 6.84. The van der Waals surface area contributed by atoms with Crippen LogP contribution in [0.25, 0.3) is 10.9 Å². The fraction of sp³-hybridized carbons (Fsp3) is 0.118. The van der Waals surface area contributed by atoms with Gasteiger partial charge in [-0.15, -0.1) is 11.6 Å². The Labute approximate surface area is 138 Å². The molecule has 5 nitrogen and oxygen atoms in total. The molecular weight excluding hydrogens is 312 g/mol. The van der Waals surface area contributed by atoms with Crippen LogP contribution in [0.4, 0.5) is 17.2 Å². The minimum absolute atomic E-state index is 0.0856. The number of aryl methyl sites for hydroxylation is 1. The van der Waals surface area contributed by atoms with Gasteiger partial charge in [0.25, 0.3) is 0 Å². The lowest BCUT2D eigenvalue weighted by Gasteiger charge is -2.10. The topological polar surface area (TPSA) is 66.9 Å². The number of carbonyl (C=O) groups excluding carboxylic acids is 1. The number of halogens is 1. The van der Waals surface area contributed by atoms with E-state index in [1.165, 1.54) is 6.33 Å². The molecule has 0 spiro atoms. The second-order valence-corrected chi connectivity index (χ2v) is 5.40. The highest BCUT2D eigenvalue weighted by Crippen LogP contribution is 2.26. The van der Waals surface area contributed by atoms with Gasteiger partial charge in [-0.05, 0) is 42.8 Å². The van der Waals surface area contributed by atoms with Crippen LogP contribution in [0.1, 0.15) is 5.56 Å². The van der Waals surface area contributed by atoms with E-state index in [2.05, 4.69) is 20.6 Å². The number of aromatic nitrogens is 2. The highest BCUT2D eigenvalue weighted by molar-refractivity contribution is 6.29. The number of amides is 1. The zero-order valence-corrected chi connectivity index (χ0v) is 13.3. The summed E-state index contributed by atoms with van der Waals surface area (Å²) in [4.78, 5) is 20.0. The fourth-order valence-corrected chi connectivity index (χ4v) is 2.35. The maximum absolute atomic E-state index is 11.4. The normalized spacial score (nSPS) is 10.5. The second-order valence-electron chi connectivity index (χ2n) is 5.13. The Morgan fingerprint density at radius 3 is 2.78 bits per heavy atom. The molecule has 0 fully saturated rings. The van der Waals surface area contributed by atoms with Crippen molar-refractivity contribution in [1.82, 2.24) is 9.97 Å². The van der Waals surface area contributed by atoms with E-state index in [0.29, 0.717) is 11.5 Å². The molecule has 2 N–H and O–H groups in total. The predicted octanol–water partition coefficient (Wildman–Crippen LogP) is 3.86. The lowest BCUT2D eigenvalue weighted by Crippen LogP contribution is -2.12. The molecule has 0 aliphatic rings. The summed E-state index contributed by atoms with van der Waals surface area (Å²) in [5.74, 6) is 0.344. The van der Waals surface area contributed by atoms with Gasteiger partial charge >= 0.3 is 0 Å². The van der Waals surface area contributed by atoms with Gasteiger partial charge in [0.2, 0.25) is 5.91 Å². The number of alkyl halides is 1. The Morgan fingerprint density at radius 1 is 1.13 bits per heavy atom. The van der Waals surface area contributed by atoms with Crippen LogP contribution in [0.15, 0.2) is 48.8 Å². The van der Waals surface area contributed by atoms with Crippen molar-refractivity contribution >= 4 is 45.6 Å². The number of fused-ring (bicyclic) bond motifs is 1. The number of nitrogens with one attached hydrogen (secondary N) is 2. The molecule has 116 valence electrons. The molecule has 3 aromatic rings. The average Bonchev–Trinajstić information content (AvgIpc) is 2.55. The zero-order chi connectivity index (χ0) is 16.2. The minimum atomic E-state index is -0.254. The number of hydrogen-bond acceptors (Lipinski definition) is 4. The van der Waals surface area contributed by atoms with E-state index < -0.39 is 0 Å². The monoisotopic (exact) mass is 326 g/mol. The third-order valence-corrected chi connectivity index (χ3v) is 3.56. The van der Waals surface area contributed by atoms with E-state index in [1.807, 2.05) is 43.3 Å². The smallest absolute Gasteiger partial charge is 0.239 e. The molecule has 0 saturated carbocycles. The van der Waals surface area contributed by atoms with E-state index in [-0.39, 0.29) is 11.8 Å². The summed E-state index contributed by atoms with van der Waals surface area (Å²) in [6.07, 6.45) is 1.51. The van der Waals surface area contributed by atoms with Crippen LogP contribution < -0.4 is 10.6 Å². The van der Waals surface area contributed by atoms with Crippen LogP contribution in [0.2, 0.25) is 0 Å². The average molecular weight is 327 g/mol. The van der Waals surface area contributed by atoms with E-state index in [9.17, 15) is 4.79 Å². The zero-order valence-electron chi connectivity index (χ0n) is 12.5. The fourth-order valence-electron chi connectivity index (χ4n) is 2.29. The predicted molar refractivity (Wildman–Crippen MR) is 93.3 cm³/mol. The maximum Gasteiger partial charge on any atom is 0.239 e. The molecule has 1 aromatic heterocycles. The van der Waals surface area contributed by atoms with Crippen LogP contribution in [-0.2, 0) is 4.79 Å². The van der Waals surface area contributed by atoms with Crippen LogP contribution in [0.5, 0.6) is 0 Å². The van der Waals surface area contributed by atoms with E-state index in [0.717, 1.165) is 22.2 Å². The van der Waals surface area contributed by atoms with Crippen LogP contribution in [-0.4, -0.2) is 21.8 Å². The first-order valence-corrected chi connectivity index (χ1v) is 7.63. The molecule has 3 rings (SSSR count). The standard InChI is InChI=1S/C17H15ClN4O/c1-11-3-2-4-12(7-11)22-17-14-8-13(21-16(23)9-18)5-6-15(14)19-10-20-17/h2-8,10H,9H2,1H3,(H,21,23)(H,19,20,22). The molecule has 0 unspecified atom stereocenters. The van der Waals surface area contributed by atoms with Crippen molar-refractivity contribution in [3.63, 3.8) is 0 Å². The van der Waals surface area contributed by atoms with Crippen molar-refractivity contribution in [3.8, 4) is 0 Å². The maximum atomic E-state index is 11.4. The van der Waals surface area contributed by atoms with Gasteiger partial charge in [-0.25, -0.2) is 9.97 Å². The molecule has 6 heteroatoms. The van der Waals surface area contributed by atoms with Crippen molar-refractivity contribution in [2.45, 2.75) is 6.92 Å². The Bertz CT molecular complexity index is 866. The number of hydrogen-bond donors (Lipinski definition) is 2. The number of rotatable bonds is 4. The molecule has 0 bridgehead atoms. The highest BCUT2D eigenvalue weighted by Gasteiger charge is 2.07. The quantitative estimate of drug-likeness (QED) is 0.714. The Morgan fingerprint density at radius 2 is 2.00 bits per heavy atom. The van der Waals surface area contributed by atoms with Gasteiger partial charge in [-0.2, -0.15) is 0 Å². The molecule has 0 aliphatic heterocycles. The Kier molecular flexibility index (Phi) is 4.39. The van der Waals surface area contributed by atoms with Crippen LogP contribution in [0.3, 0.4) is 0 Å². The third-order valence-electron chi connectivity index (χ3n) is 3.32. The number of nitrogens with zero attached hydrogens (tertiary/aromatic N) is 2. The third kappa shape index (κ3) is 3.57. The van der Waals surface area contributed by atoms with Crippen molar-refractivity contribution in [3.05, 3.63) is 54.4 Å². The summed E-state index contributed by atoms with van der Waals surface area (Å²) < 4.78 is 0. The van der Waals surface area contributed by atoms with Crippen LogP contribution in [0, 0.1) is 6.92 Å². The summed E-state index contributed by atoms with van der Waals surface area (Å²) in [5.41, 5.74) is 3.55. The largest absolute Gasteiger partial charge is 0.340 e. The van der Waals surface area contributed by atoms with Crippen molar-refractivity contribution < 1.29 is 4.79 Å². The van der Waals surface area contributed by atoms with Gasteiger partial charge in [0, 0.05) is 16.8 Å². The lowest BCUT2D eigenvalue weighted by molar-refractivity contribution is -0.113. The first-order valence-electron chi connectivity index (χ1n) is 7.10. The van der Waals surface area contributed by atoms with Gasteiger partial charge in [0.05, 0.1) is 5.52 Å². The van der Waals surface area contributed by atoms with Crippen molar-refractivity contribution in [2.24, 2.45) is 0 Å². The SMILES string of the molecule is Cc1cccc(Nc2ncnc3ccc(NC(=O)CCl)cc23)c1. The molecule has 0 radical (unpaired) electrons. The molecule has 0 saturated heterocycles. The highest BCUT2D eigenvalue weighted by atomic mass is 35.5. The summed E-state index contributed by atoms with van der Waals surface area (Å²) in [6.45, 7) is 2.03. The molecule has 0 atom stereocenters. The summed E-state index contributed by atoms with van der Waals surface area (Å²) in [6, 6.07) is 13.5. The molecule has 0 aliphatic carbocycles.